The van der Waals surface area contributed by atoms with Gasteiger partial charge in [0.05, 0.1) is 0 Å². The molecule has 0 radical (unpaired) electrons. The van der Waals surface area contributed by atoms with Crippen molar-refractivity contribution < 1.29 is 0 Å². The molecule has 1 saturated heterocycles. The molecule has 1 spiro atoms. The van der Waals surface area contributed by atoms with Crippen LogP contribution in [0.2, 0.25) is 0 Å². The number of nitrogens with one attached hydrogen (secondary N) is 1. The molecule has 1 heterocycles. The van der Waals surface area contributed by atoms with Gasteiger partial charge >= 0.3 is 0 Å². The lowest BCUT2D eigenvalue weighted by Crippen LogP contribution is -2.62. The largest absolute Gasteiger partial charge is 0.308 e. The first-order valence-electron chi connectivity index (χ1n) is 8.17. The number of nitrogens with zero attached hydrogens (tertiary/aromatic N) is 1. The summed E-state index contributed by atoms with van der Waals surface area (Å²) < 4.78 is 0. The Balaban J connectivity index is 1.78. The molecule has 1 aliphatic carbocycles. The summed E-state index contributed by atoms with van der Waals surface area (Å²) in [4.78, 5) is 2.71. The van der Waals surface area contributed by atoms with Crippen molar-refractivity contribution in [1.82, 2.24) is 10.2 Å². The fourth-order valence-electron chi connectivity index (χ4n) is 3.98. The minimum atomic E-state index is 0.408. The van der Waals surface area contributed by atoms with E-state index in [1.807, 2.05) is 0 Å². The van der Waals surface area contributed by atoms with E-state index in [0.717, 1.165) is 6.54 Å². The van der Waals surface area contributed by atoms with Crippen molar-refractivity contribution in [3.63, 3.8) is 0 Å². The Morgan fingerprint density at radius 2 is 1.85 bits per heavy atom. The summed E-state index contributed by atoms with van der Waals surface area (Å²) in [5.41, 5.74) is 3.21. The van der Waals surface area contributed by atoms with Gasteiger partial charge < -0.3 is 5.32 Å². The van der Waals surface area contributed by atoms with E-state index in [2.05, 4.69) is 55.3 Å². The minimum Gasteiger partial charge on any atom is -0.308 e. The first-order valence-corrected chi connectivity index (χ1v) is 8.17. The number of piperazine rings is 1. The summed E-state index contributed by atoms with van der Waals surface area (Å²) in [7, 11) is 0. The number of benzene rings is 1. The predicted molar refractivity (Wildman–Crippen MR) is 85.0 cm³/mol. The van der Waals surface area contributed by atoms with Gasteiger partial charge in [-0.15, -0.1) is 0 Å². The maximum atomic E-state index is 3.85. The SMILES string of the molecule is Cc1ccc(C(C)N2CC3(CCCC3)NCC2C)cc1. The van der Waals surface area contributed by atoms with Gasteiger partial charge in [0.15, 0.2) is 0 Å². The number of hydrogen-bond acceptors (Lipinski definition) is 2. The van der Waals surface area contributed by atoms with E-state index >= 15 is 0 Å². The quantitative estimate of drug-likeness (QED) is 0.884. The molecule has 1 aliphatic heterocycles. The highest BCUT2D eigenvalue weighted by Crippen LogP contribution is 2.36. The third-order valence-electron chi connectivity index (χ3n) is 5.44. The van der Waals surface area contributed by atoms with Crippen LogP contribution in [0.1, 0.15) is 56.7 Å². The van der Waals surface area contributed by atoms with Crippen LogP contribution in [-0.4, -0.2) is 29.6 Å². The van der Waals surface area contributed by atoms with Crippen LogP contribution in [0, 0.1) is 6.92 Å². The van der Waals surface area contributed by atoms with Crippen molar-refractivity contribution in [3.05, 3.63) is 35.4 Å². The molecule has 2 aliphatic rings. The van der Waals surface area contributed by atoms with E-state index in [4.69, 9.17) is 0 Å². The van der Waals surface area contributed by atoms with Gasteiger partial charge in [0.1, 0.15) is 0 Å². The molecule has 0 aromatic heterocycles. The van der Waals surface area contributed by atoms with Crippen LogP contribution in [-0.2, 0) is 0 Å². The second-order valence-corrected chi connectivity index (χ2v) is 6.98. The Morgan fingerprint density at radius 1 is 1.20 bits per heavy atom. The molecule has 1 saturated carbocycles. The minimum absolute atomic E-state index is 0.408. The highest BCUT2D eigenvalue weighted by atomic mass is 15.3. The van der Waals surface area contributed by atoms with Crippen LogP contribution >= 0.6 is 0 Å². The summed E-state index contributed by atoms with van der Waals surface area (Å²) in [5.74, 6) is 0. The molecule has 1 aromatic rings. The molecule has 0 amide bonds. The van der Waals surface area contributed by atoms with Crippen LogP contribution in [0.25, 0.3) is 0 Å². The maximum Gasteiger partial charge on any atom is 0.0324 e. The zero-order chi connectivity index (χ0) is 14.2. The summed E-state index contributed by atoms with van der Waals surface area (Å²) in [6.07, 6.45) is 5.51. The summed E-state index contributed by atoms with van der Waals surface area (Å²) >= 11 is 0. The highest BCUT2D eigenvalue weighted by molar-refractivity contribution is 5.24. The van der Waals surface area contributed by atoms with E-state index in [1.165, 1.54) is 43.4 Å². The first-order chi connectivity index (χ1) is 9.60. The molecular weight excluding hydrogens is 244 g/mol. The fourth-order valence-corrected chi connectivity index (χ4v) is 3.98. The van der Waals surface area contributed by atoms with Gasteiger partial charge in [-0.3, -0.25) is 4.90 Å². The van der Waals surface area contributed by atoms with Gasteiger partial charge in [0.2, 0.25) is 0 Å². The van der Waals surface area contributed by atoms with Crippen molar-refractivity contribution in [2.45, 2.75) is 64.1 Å². The number of rotatable bonds is 2. The Labute approximate surface area is 123 Å². The molecule has 1 aromatic carbocycles. The molecule has 20 heavy (non-hydrogen) atoms. The molecular formula is C18H28N2. The zero-order valence-corrected chi connectivity index (χ0v) is 13.2. The Hall–Kier alpha value is -0.860. The highest BCUT2D eigenvalue weighted by Gasteiger charge is 2.41. The monoisotopic (exact) mass is 272 g/mol. The Bertz CT molecular complexity index is 445. The van der Waals surface area contributed by atoms with Gasteiger partial charge in [-0.05, 0) is 39.2 Å². The normalized spacial score (nSPS) is 27.9. The van der Waals surface area contributed by atoms with Crippen molar-refractivity contribution >= 4 is 0 Å². The van der Waals surface area contributed by atoms with Gasteiger partial charge in [0.25, 0.3) is 0 Å². The molecule has 2 unspecified atom stereocenters. The second-order valence-electron chi connectivity index (χ2n) is 6.98. The van der Waals surface area contributed by atoms with Crippen LogP contribution in [0.15, 0.2) is 24.3 Å². The van der Waals surface area contributed by atoms with E-state index < -0.39 is 0 Å². The third-order valence-corrected chi connectivity index (χ3v) is 5.44. The van der Waals surface area contributed by atoms with Gasteiger partial charge in [-0.1, -0.05) is 42.7 Å². The standard InChI is InChI=1S/C18H28N2/c1-14-6-8-17(9-7-14)16(3)20-13-18(10-4-5-11-18)19-12-15(20)2/h6-9,15-16,19H,4-5,10-13H2,1-3H3. The lowest BCUT2D eigenvalue weighted by atomic mass is 9.90. The Morgan fingerprint density at radius 3 is 2.50 bits per heavy atom. The van der Waals surface area contributed by atoms with Crippen LogP contribution in [0.5, 0.6) is 0 Å². The van der Waals surface area contributed by atoms with Gasteiger partial charge in [-0.25, -0.2) is 0 Å². The molecule has 1 N–H and O–H groups in total. The summed E-state index contributed by atoms with van der Waals surface area (Å²) in [6, 6.07) is 10.2. The van der Waals surface area contributed by atoms with Crippen molar-refractivity contribution in [1.29, 1.82) is 0 Å². The topological polar surface area (TPSA) is 15.3 Å². The maximum absolute atomic E-state index is 3.85. The molecule has 2 heteroatoms. The molecule has 2 nitrogen and oxygen atoms in total. The number of hydrogen-bond donors (Lipinski definition) is 1. The number of aryl methyl sites for hydroxylation is 1. The van der Waals surface area contributed by atoms with Gasteiger partial charge in [0, 0.05) is 30.7 Å². The van der Waals surface area contributed by atoms with E-state index in [1.54, 1.807) is 0 Å². The molecule has 2 atom stereocenters. The fraction of sp³-hybridized carbons (Fsp3) is 0.667. The van der Waals surface area contributed by atoms with Crippen molar-refractivity contribution in [3.8, 4) is 0 Å². The van der Waals surface area contributed by atoms with E-state index in [9.17, 15) is 0 Å². The molecule has 110 valence electrons. The molecule has 0 bridgehead atoms. The average Bonchev–Trinajstić information content (AvgIpc) is 2.90. The van der Waals surface area contributed by atoms with E-state index in [0.29, 0.717) is 17.6 Å². The third kappa shape index (κ3) is 2.64. The smallest absolute Gasteiger partial charge is 0.0324 e. The lowest BCUT2D eigenvalue weighted by molar-refractivity contribution is 0.0563. The average molecular weight is 272 g/mol. The van der Waals surface area contributed by atoms with Crippen molar-refractivity contribution in [2.24, 2.45) is 0 Å². The van der Waals surface area contributed by atoms with E-state index in [-0.39, 0.29) is 0 Å². The molecule has 2 fully saturated rings. The van der Waals surface area contributed by atoms with Crippen LogP contribution in [0.4, 0.5) is 0 Å². The summed E-state index contributed by atoms with van der Waals surface area (Å²) in [6.45, 7) is 9.24. The van der Waals surface area contributed by atoms with Crippen LogP contribution in [0.3, 0.4) is 0 Å². The predicted octanol–water partition coefficient (Wildman–Crippen LogP) is 3.66. The first kappa shape index (κ1) is 14.1. The Kier molecular flexibility index (Phi) is 3.87. The second kappa shape index (κ2) is 5.50. The van der Waals surface area contributed by atoms with Crippen LogP contribution < -0.4 is 5.32 Å². The molecule has 3 rings (SSSR count). The summed E-state index contributed by atoms with van der Waals surface area (Å²) in [5, 5.41) is 3.85. The lowest BCUT2D eigenvalue weighted by Gasteiger charge is -2.48. The zero-order valence-electron chi connectivity index (χ0n) is 13.2. The van der Waals surface area contributed by atoms with Gasteiger partial charge in [-0.2, -0.15) is 0 Å². The van der Waals surface area contributed by atoms with Crippen molar-refractivity contribution in [2.75, 3.05) is 13.1 Å².